The number of carbonyl (C=O) groups excluding carboxylic acids is 1. The first-order valence-corrected chi connectivity index (χ1v) is 9.48. The van der Waals surface area contributed by atoms with E-state index >= 15 is 0 Å². The maximum atomic E-state index is 12.3. The van der Waals surface area contributed by atoms with Crippen LogP contribution in [0.5, 0.6) is 0 Å². The summed E-state index contributed by atoms with van der Waals surface area (Å²) in [5.41, 5.74) is 0.0830. The summed E-state index contributed by atoms with van der Waals surface area (Å²) < 4.78 is 23.8. The fourth-order valence-corrected chi connectivity index (χ4v) is 3.00. The molecule has 6 nitrogen and oxygen atoms in total. The van der Waals surface area contributed by atoms with Crippen LogP contribution in [0.3, 0.4) is 0 Å². The normalized spacial score (nSPS) is 13.3. The molecule has 1 atom stereocenters. The lowest BCUT2D eigenvalue weighted by Crippen LogP contribution is -2.41. The molecule has 0 aliphatic carbocycles. The van der Waals surface area contributed by atoms with Crippen LogP contribution in [0, 0.1) is 5.41 Å². The van der Waals surface area contributed by atoms with Crippen molar-refractivity contribution in [3.63, 3.8) is 0 Å². The summed E-state index contributed by atoms with van der Waals surface area (Å²) in [7, 11) is -3.42. The van der Waals surface area contributed by atoms with Gasteiger partial charge in [0.25, 0.3) is 5.91 Å². The maximum Gasteiger partial charge on any atom is 0.326 e. The first-order valence-electron chi connectivity index (χ1n) is 7.83. The van der Waals surface area contributed by atoms with Crippen molar-refractivity contribution in [2.45, 2.75) is 51.5 Å². The Labute approximate surface area is 143 Å². The molecule has 1 aromatic carbocycles. The lowest BCUT2D eigenvalue weighted by atomic mass is 9.88. The fraction of sp³-hybridized carbons (Fsp3) is 0.529. The van der Waals surface area contributed by atoms with Gasteiger partial charge in [-0.05, 0) is 36.5 Å². The summed E-state index contributed by atoms with van der Waals surface area (Å²) in [6.45, 7) is 7.50. The minimum atomic E-state index is -3.42. The smallest absolute Gasteiger partial charge is 0.326 e. The Bertz CT molecular complexity index is 704. The number of benzene rings is 1. The van der Waals surface area contributed by atoms with Gasteiger partial charge in [0.2, 0.25) is 0 Å². The van der Waals surface area contributed by atoms with Crippen LogP contribution >= 0.6 is 0 Å². The largest absolute Gasteiger partial charge is 0.480 e. The SMILES string of the molecule is CCS(=O)(=O)c1cccc(C(=O)NC(CCC(C)(C)C)C(=O)O)c1. The third-order valence-corrected chi connectivity index (χ3v) is 5.35. The van der Waals surface area contributed by atoms with Crippen LogP contribution < -0.4 is 5.32 Å². The van der Waals surface area contributed by atoms with Crippen molar-refractivity contribution in [3.8, 4) is 0 Å². The van der Waals surface area contributed by atoms with E-state index in [0.29, 0.717) is 12.8 Å². The van der Waals surface area contributed by atoms with Crippen molar-refractivity contribution in [2.75, 3.05) is 5.75 Å². The van der Waals surface area contributed by atoms with Gasteiger partial charge in [-0.15, -0.1) is 0 Å². The number of hydrogen-bond donors (Lipinski definition) is 2. The van der Waals surface area contributed by atoms with Gasteiger partial charge in [0.05, 0.1) is 10.6 Å². The Balaban J connectivity index is 2.93. The molecule has 0 heterocycles. The molecular weight excluding hydrogens is 330 g/mol. The molecule has 1 amide bonds. The minimum Gasteiger partial charge on any atom is -0.480 e. The van der Waals surface area contributed by atoms with Crippen LogP contribution in [0.1, 0.15) is 50.9 Å². The summed E-state index contributed by atoms with van der Waals surface area (Å²) in [5, 5.41) is 11.7. The van der Waals surface area contributed by atoms with E-state index < -0.39 is 27.8 Å². The van der Waals surface area contributed by atoms with E-state index in [9.17, 15) is 23.1 Å². The van der Waals surface area contributed by atoms with Crippen molar-refractivity contribution in [3.05, 3.63) is 29.8 Å². The standard InChI is InChI=1S/C17H25NO5S/c1-5-24(22,23)13-8-6-7-12(11-13)15(19)18-14(16(20)21)9-10-17(2,3)4/h6-8,11,14H,5,9-10H2,1-4H3,(H,18,19)(H,20,21). The van der Waals surface area contributed by atoms with Crippen molar-refractivity contribution < 1.29 is 23.1 Å². The highest BCUT2D eigenvalue weighted by atomic mass is 32.2. The van der Waals surface area contributed by atoms with Gasteiger partial charge < -0.3 is 10.4 Å². The highest BCUT2D eigenvalue weighted by molar-refractivity contribution is 7.91. The lowest BCUT2D eigenvalue weighted by molar-refractivity contribution is -0.139. The second kappa shape index (κ2) is 7.79. The first kappa shape index (κ1) is 20.2. The number of rotatable bonds is 7. The van der Waals surface area contributed by atoms with E-state index in [1.807, 2.05) is 20.8 Å². The number of carboxylic acids is 1. The van der Waals surface area contributed by atoms with E-state index in [-0.39, 0.29) is 21.6 Å². The molecule has 1 aromatic rings. The zero-order chi connectivity index (χ0) is 18.5. The average molecular weight is 355 g/mol. The molecule has 0 fully saturated rings. The van der Waals surface area contributed by atoms with Crippen LogP contribution in [0.15, 0.2) is 29.2 Å². The highest BCUT2D eigenvalue weighted by Crippen LogP contribution is 2.22. The molecule has 134 valence electrons. The molecule has 0 spiro atoms. The first-order chi connectivity index (χ1) is 11.0. The number of hydrogen-bond acceptors (Lipinski definition) is 4. The summed E-state index contributed by atoms with van der Waals surface area (Å²) in [6, 6.07) is 4.62. The lowest BCUT2D eigenvalue weighted by Gasteiger charge is -2.21. The molecule has 1 rings (SSSR count). The topological polar surface area (TPSA) is 101 Å². The van der Waals surface area contributed by atoms with Gasteiger partial charge in [-0.2, -0.15) is 0 Å². The maximum absolute atomic E-state index is 12.3. The van der Waals surface area contributed by atoms with Crippen LogP contribution in [-0.2, 0) is 14.6 Å². The second-order valence-corrected chi connectivity index (χ2v) is 9.17. The molecule has 0 aromatic heterocycles. The Morgan fingerprint density at radius 1 is 1.25 bits per heavy atom. The third-order valence-electron chi connectivity index (χ3n) is 3.62. The Morgan fingerprint density at radius 3 is 2.38 bits per heavy atom. The van der Waals surface area contributed by atoms with E-state index in [4.69, 9.17) is 0 Å². The fourth-order valence-electron chi connectivity index (χ4n) is 2.07. The van der Waals surface area contributed by atoms with Gasteiger partial charge >= 0.3 is 5.97 Å². The van der Waals surface area contributed by atoms with E-state index in [2.05, 4.69) is 5.32 Å². The molecule has 0 saturated carbocycles. The van der Waals surface area contributed by atoms with Gasteiger partial charge in [0.1, 0.15) is 6.04 Å². The van der Waals surface area contributed by atoms with Crippen LogP contribution in [0.2, 0.25) is 0 Å². The summed E-state index contributed by atoms with van der Waals surface area (Å²) in [6.07, 6.45) is 0.937. The molecule has 0 bridgehead atoms. The molecule has 0 radical (unpaired) electrons. The highest BCUT2D eigenvalue weighted by Gasteiger charge is 2.24. The Morgan fingerprint density at radius 2 is 1.88 bits per heavy atom. The number of sulfone groups is 1. The zero-order valence-corrected chi connectivity index (χ0v) is 15.3. The molecule has 0 saturated heterocycles. The Kier molecular flexibility index (Phi) is 6.54. The molecule has 7 heteroatoms. The molecule has 24 heavy (non-hydrogen) atoms. The third kappa shape index (κ3) is 5.96. The molecule has 1 unspecified atom stereocenters. The van der Waals surface area contributed by atoms with Crippen LogP contribution in [0.25, 0.3) is 0 Å². The van der Waals surface area contributed by atoms with Crippen molar-refractivity contribution in [1.29, 1.82) is 0 Å². The molecule has 0 aliphatic heterocycles. The van der Waals surface area contributed by atoms with Crippen molar-refractivity contribution in [2.24, 2.45) is 5.41 Å². The van der Waals surface area contributed by atoms with E-state index in [0.717, 1.165) is 0 Å². The second-order valence-electron chi connectivity index (χ2n) is 6.89. The van der Waals surface area contributed by atoms with E-state index in [1.54, 1.807) is 0 Å². The minimum absolute atomic E-state index is 0.0481. The van der Waals surface area contributed by atoms with Gasteiger partial charge in [0.15, 0.2) is 9.84 Å². The number of aliphatic carboxylic acids is 1. The number of carbonyl (C=O) groups is 2. The van der Waals surface area contributed by atoms with Gasteiger partial charge in [0, 0.05) is 5.56 Å². The van der Waals surface area contributed by atoms with Crippen LogP contribution in [0.4, 0.5) is 0 Å². The predicted molar refractivity (Wildman–Crippen MR) is 91.7 cm³/mol. The number of carboxylic acid groups (broad SMARTS) is 1. The summed E-state index contributed by atoms with van der Waals surface area (Å²) in [4.78, 5) is 23.7. The average Bonchev–Trinajstić information content (AvgIpc) is 2.50. The van der Waals surface area contributed by atoms with Crippen molar-refractivity contribution in [1.82, 2.24) is 5.32 Å². The van der Waals surface area contributed by atoms with Gasteiger partial charge in [-0.3, -0.25) is 4.79 Å². The molecular formula is C17H25NO5S. The number of amides is 1. The van der Waals surface area contributed by atoms with Gasteiger partial charge in [-0.25, -0.2) is 13.2 Å². The zero-order valence-electron chi connectivity index (χ0n) is 14.5. The predicted octanol–water partition coefficient (Wildman–Crippen LogP) is 2.49. The number of nitrogens with one attached hydrogen (secondary N) is 1. The Hall–Kier alpha value is -1.89. The molecule has 0 aliphatic rings. The van der Waals surface area contributed by atoms with Gasteiger partial charge in [-0.1, -0.05) is 33.8 Å². The van der Waals surface area contributed by atoms with E-state index in [1.165, 1.54) is 31.2 Å². The van der Waals surface area contributed by atoms with Crippen LogP contribution in [-0.4, -0.2) is 37.2 Å². The van der Waals surface area contributed by atoms with Crippen molar-refractivity contribution >= 4 is 21.7 Å². The molecule has 2 N–H and O–H groups in total. The summed E-state index contributed by atoms with van der Waals surface area (Å²) >= 11 is 0. The monoisotopic (exact) mass is 355 g/mol. The summed E-state index contributed by atoms with van der Waals surface area (Å²) in [5.74, 6) is -1.77. The quantitative estimate of drug-likeness (QED) is 0.782.